The van der Waals surface area contributed by atoms with Crippen LogP contribution in [0.4, 0.5) is 0 Å². The van der Waals surface area contributed by atoms with Crippen molar-refractivity contribution in [2.45, 2.75) is 33.2 Å². The summed E-state index contributed by atoms with van der Waals surface area (Å²) in [6.45, 7) is 5.76. The first-order chi connectivity index (χ1) is 7.88. The minimum atomic E-state index is -1.34. The van der Waals surface area contributed by atoms with Crippen molar-refractivity contribution in [2.75, 3.05) is 0 Å². The van der Waals surface area contributed by atoms with Gasteiger partial charge in [0.15, 0.2) is 0 Å². The third kappa shape index (κ3) is 2.64. The molecule has 0 aliphatic carbocycles. The highest BCUT2D eigenvalue weighted by molar-refractivity contribution is 5.86. The van der Waals surface area contributed by atoms with Crippen LogP contribution < -0.4 is 11.2 Å². The Morgan fingerprint density at radius 3 is 2.53 bits per heavy atom. The molecule has 17 heavy (non-hydrogen) atoms. The molecule has 0 aliphatic heterocycles. The van der Waals surface area contributed by atoms with Crippen LogP contribution in [0.5, 0.6) is 0 Å². The lowest BCUT2D eigenvalue weighted by Crippen LogP contribution is -2.36. The summed E-state index contributed by atoms with van der Waals surface area (Å²) in [5.74, 6) is -1.13. The van der Waals surface area contributed by atoms with E-state index in [4.69, 9.17) is 5.11 Å². The molecule has 2 N–H and O–H groups in total. The number of aromatic carboxylic acids is 1. The van der Waals surface area contributed by atoms with Crippen LogP contribution in [0.25, 0.3) is 0 Å². The maximum Gasteiger partial charge on any atom is 0.342 e. The van der Waals surface area contributed by atoms with Crippen molar-refractivity contribution in [3.8, 4) is 0 Å². The molecule has 6 nitrogen and oxygen atoms in total. The molecule has 0 amide bonds. The first kappa shape index (κ1) is 13.2. The van der Waals surface area contributed by atoms with Crippen molar-refractivity contribution in [1.29, 1.82) is 0 Å². The lowest BCUT2D eigenvalue weighted by molar-refractivity contribution is 0.0693. The minimum absolute atomic E-state index is 0.164. The topological polar surface area (TPSA) is 92.2 Å². The fourth-order valence-electron chi connectivity index (χ4n) is 1.56. The van der Waals surface area contributed by atoms with Gasteiger partial charge in [-0.1, -0.05) is 20.3 Å². The Kier molecular flexibility index (Phi) is 3.88. The van der Waals surface area contributed by atoms with Gasteiger partial charge < -0.3 is 5.11 Å². The predicted octanol–water partition coefficient (Wildman–Crippen LogP) is 0.842. The van der Waals surface area contributed by atoms with Crippen LogP contribution in [0.1, 0.15) is 43.6 Å². The number of rotatable bonds is 4. The summed E-state index contributed by atoms with van der Waals surface area (Å²) in [6, 6.07) is -0.164. The molecule has 94 valence electrons. The van der Waals surface area contributed by atoms with Gasteiger partial charge in [0, 0.05) is 12.2 Å². The van der Waals surface area contributed by atoms with Gasteiger partial charge in [-0.25, -0.2) is 9.59 Å². The summed E-state index contributed by atoms with van der Waals surface area (Å²) in [7, 11) is 0. The third-order valence-corrected chi connectivity index (χ3v) is 3.10. The van der Waals surface area contributed by atoms with Gasteiger partial charge in [-0.15, -0.1) is 0 Å². The Labute approximate surface area is 97.9 Å². The Morgan fingerprint density at radius 1 is 1.47 bits per heavy atom. The number of carboxylic acid groups (broad SMARTS) is 1. The van der Waals surface area contributed by atoms with Crippen LogP contribution in [0.15, 0.2) is 15.8 Å². The van der Waals surface area contributed by atoms with Gasteiger partial charge in [0.2, 0.25) is 0 Å². The summed E-state index contributed by atoms with van der Waals surface area (Å²) < 4.78 is 1.26. The number of aromatic nitrogens is 2. The molecule has 0 aliphatic rings. The standard InChI is InChI=1S/C11H16N2O4/c1-4-6(2)7(3)13-5-8(10(15)16)9(14)12-11(13)17/h5-7H,4H2,1-3H3,(H,15,16)(H,12,14,17). The molecular weight excluding hydrogens is 224 g/mol. The van der Waals surface area contributed by atoms with E-state index in [1.54, 1.807) is 0 Å². The number of carboxylic acids is 1. The van der Waals surface area contributed by atoms with Crippen LogP contribution >= 0.6 is 0 Å². The van der Waals surface area contributed by atoms with E-state index in [0.29, 0.717) is 0 Å². The number of aromatic amines is 1. The Bertz CT molecular complexity index is 529. The van der Waals surface area contributed by atoms with Crippen molar-refractivity contribution in [1.82, 2.24) is 9.55 Å². The molecule has 0 aromatic carbocycles. The second-order valence-electron chi connectivity index (χ2n) is 4.14. The molecule has 0 saturated heterocycles. The summed E-state index contributed by atoms with van der Waals surface area (Å²) in [4.78, 5) is 35.7. The molecule has 2 atom stereocenters. The number of H-pyrrole nitrogens is 1. The minimum Gasteiger partial charge on any atom is -0.477 e. The molecule has 2 unspecified atom stereocenters. The van der Waals surface area contributed by atoms with E-state index in [1.807, 2.05) is 25.8 Å². The number of nitrogens with zero attached hydrogens (tertiary/aromatic N) is 1. The van der Waals surface area contributed by atoms with Crippen LogP contribution in [-0.4, -0.2) is 20.6 Å². The van der Waals surface area contributed by atoms with Gasteiger partial charge in [-0.05, 0) is 12.8 Å². The van der Waals surface area contributed by atoms with E-state index in [2.05, 4.69) is 0 Å². The van der Waals surface area contributed by atoms with Crippen molar-refractivity contribution < 1.29 is 9.90 Å². The molecule has 1 rings (SSSR count). The zero-order valence-electron chi connectivity index (χ0n) is 10.1. The fourth-order valence-corrected chi connectivity index (χ4v) is 1.56. The molecule has 0 radical (unpaired) electrons. The number of nitrogens with one attached hydrogen (secondary N) is 1. The molecule has 0 saturated carbocycles. The molecule has 0 bridgehead atoms. The monoisotopic (exact) mass is 240 g/mol. The molecule has 0 fully saturated rings. The Hall–Kier alpha value is -1.85. The highest BCUT2D eigenvalue weighted by Crippen LogP contribution is 2.17. The Morgan fingerprint density at radius 2 is 2.06 bits per heavy atom. The molecule has 6 heteroatoms. The SMILES string of the molecule is CCC(C)C(C)n1cc(C(=O)O)c(=O)[nH]c1=O. The van der Waals surface area contributed by atoms with Crippen LogP contribution in [0.2, 0.25) is 0 Å². The van der Waals surface area contributed by atoms with Crippen LogP contribution in [0.3, 0.4) is 0 Å². The van der Waals surface area contributed by atoms with Crippen molar-refractivity contribution in [2.24, 2.45) is 5.92 Å². The number of hydrogen-bond donors (Lipinski definition) is 2. The van der Waals surface area contributed by atoms with Gasteiger partial charge in [0.25, 0.3) is 5.56 Å². The van der Waals surface area contributed by atoms with E-state index in [-0.39, 0.29) is 12.0 Å². The van der Waals surface area contributed by atoms with E-state index in [9.17, 15) is 14.4 Å². The Balaban J connectivity index is 3.35. The van der Waals surface area contributed by atoms with Gasteiger partial charge in [-0.3, -0.25) is 14.3 Å². The first-order valence-corrected chi connectivity index (χ1v) is 5.47. The smallest absolute Gasteiger partial charge is 0.342 e. The average Bonchev–Trinajstić information content (AvgIpc) is 2.26. The first-order valence-electron chi connectivity index (χ1n) is 5.47. The number of carbonyl (C=O) groups is 1. The van der Waals surface area contributed by atoms with E-state index < -0.39 is 22.8 Å². The van der Waals surface area contributed by atoms with Gasteiger partial charge >= 0.3 is 11.7 Å². The summed E-state index contributed by atoms with van der Waals surface area (Å²) in [6.07, 6.45) is 1.97. The van der Waals surface area contributed by atoms with Gasteiger partial charge in [0.1, 0.15) is 5.56 Å². The van der Waals surface area contributed by atoms with Crippen molar-refractivity contribution >= 4 is 5.97 Å². The number of hydrogen-bond acceptors (Lipinski definition) is 3. The quantitative estimate of drug-likeness (QED) is 0.815. The summed E-state index contributed by atoms with van der Waals surface area (Å²) >= 11 is 0. The zero-order valence-corrected chi connectivity index (χ0v) is 10.1. The molecule has 0 spiro atoms. The molecule has 1 heterocycles. The van der Waals surface area contributed by atoms with Crippen molar-refractivity contribution in [3.05, 3.63) is 32.6 Å². The summed E-state index contributed by atoms with van der Waals surface area (Å²) in [5.41, 5.74) is -1.86. The largest absolute Gasteiger partial charge is 0.477 e. The third-order valence-electron chi connectivity index (χ3n) is 3.10. The zero-order chi connectivity index (χ0) is 13.2. The maximum absolute atomic E-state index is 11.6. The fraction of sp³-hybridized carbons (Fsp3) is 0.545. The normalized spacial score (nSPS) is 14.3. The average molecular weight is 240 g/mol. The van der Waals surface area contributed by atoms with E-state index >= 15 is 0 Å². The second-order valence-corrected chi connectivity index (χ2v) is 4.14. The van der Waals surface area contributed by atoms with Crippen molar-refractivity contribution in [3.63, 3.8) is 0 Å². The van der Waals surface area contributed by atoms with E-state index in [0.717, 1.165) is 12.6 Å². The van der Waals surface area contributed by atoms with E-state index in [1.165, 1.54) is 4.57 Å². The highest BCUT2D eigenvalue weighted by Gasteiger charge is 2.17. The summed E-state index contributed by atoms with van der Waals surface area (Å²) in [5, 5.41) is 8.82. The molecule has 1 aromatic heterocycles. The molecule has 1 aromatic rings. The maximum atomic E-state index is 11.6. The van der Waals surface area contributed by atoms with Crippen LogP contribution in [-0.2, 0) is 0 Å². The molecular formula is C11H16N2O4. The predicted molar refractivity (Wildman–Crippen MR) is 62.4 cm³/mol. The highest BCUT2D eigenvalue weighted by atomic mass is 16.4. The lowest BCUT2D eigenvalue weighted by atomic mass is 10.0. The van der Waals surface area contributed by atoms with Gasteiger partial charge in [-0.2, -0.15) is 0 Å². The second kappa shape index (κ2) is 4.99. The van der Waals surface area contributed by atoms with Gasteiger partial charge in [0.05, 0.1) is 0 Å². The lowest BCUT2D eigenvalue weighted by Gasteiger charge is -2.20. The van der Waals surface area contributed by atoms with Crippen LogP contribution in [0, 0.1) is 5.92 Å².